The molecule has 1 heterocycles. The Morgan fingerprint density at radius 2 is 0.913 bits per heavy atom. The summed E-state index contributed by atoms with van der Waals surface area (Å²) in [5.41, 5.74) is 3.65. The van der Waals surface area contributed by atoms with Crippen LogP contribution in [-0.4, -0.2) is 49.9 Å². The number of benzene rings is 5. The molecule has 232 valence electrons. The molecule has 0 amide bonds. The Balaban J connectivity index is 0.000000182. The SMILES string of the molecule is COC(=O)C=C1CN(C(c2ccccc2)c2ccccc2)C1.COC(=O)C=P(c1ccccc1)(c1ccccc1)c1ccccc1. The molecule has 1 saturated heterocycles. The van der Waals surface area contributed by atoms with Gasteiger partial charge in [0, 0.05) is 25.0 Å². The quantitative estimate of drug-likeness (QED) is 0.117. The van der Waals surface area contributed by atoms with Crippen LogP contribution in [0.4, 0.5) is 0 Å². The third kappa shape index (κ3) is 7.63. The van der Waals surface area contributed by atoms with Crippen LogP contribution in [0, 0.1) is 0 Å². The van der Waals surface area contributed by atoms with E-state index in [1.807, 2.05) is 66.7 Å². The lowest BCUT2D eigenvalue weighted by molar-refractivity contribution is -0.135. The summed E-state index contributed by atoms with van der Waals surface area (Å²) in [5, 5.41) is 3.40. The minimum atomic E-state index is -2.23. The van der Waals surface area contributed by atoms with Crippen LogP contribution in [0.2, 0.25) is 0 Å². The van der Waals surface area contributed by atoms with Gasteiger partial charge in [-0.2, -0.15) is 0 Å². The lowest BCUT2D eigenvalue weighted by Gasteiger charge is -2.41. The number of nitrogens with zero attached hydrogens (tertiary/aromatic N) is 1. The minimum Gasteiger partial charge on any atom is -0.466 e. The Hall–Kier alpha value is -4.96. The molecule has 0 spiro atoms. The Morgan fingerprint density at radius 1 is 0.565 bits per heavy atom. The molecule has 0 radical (unpaired) electrons. The normalized spacial score (nSPS) is 12.6. The Labute approximate surface area is 271 Å². The van der Waals surface area contributed by atoms with E-state index in [0.29, 0.717) is 0 Å². The van der Waals surface area contributed by atoms with Crippen molar-refractivity contribution < 1.29 is 19.1 Å². The van der Waals surface area contributed by atoms with E-state index in [9.17, 15) is 9.59 Å². The van der Waals surface area contributed by atoms with Crippen molar-refractivity contribution in [3.63, 3.8) is 0 Å². The van der Waals surface area contributed by atoms with Crippen molar-refractivity contribution in [3.8, 4) is 0 Å². The molecule has 0 aromatic heterocycles. The molecule has 1 aliphatic heterocycles. The highest BCUT2D eigenvalue weighted by Gasteiger charge is 2.30. The number of likely N-dealkylation sites (tertiary alicyclic amines) is 1. The van der Waals surface area contributed by atoms with Gasteiger partial charge in [0.2, 0.25) is 0 Å². The molecule has 6 rings (SSSR count). The number of ether oxygens (including phenoxy) is 2. The fourth-order valence-corrected chi connectivity index (χ4v) is 9.42. The van der Waals surface area contributed by atoms with Gasteiger partial charge in [0.05, 0.1) is 20.3 Å². The van der Waals surface area contributed by atoms with E-state index in [1.54, 1.807) is 11.9 Å². The zero-order chi connectivity index (χ0) is 32.2. The maximum atomic E-state index is 12.3. The van der Waals surface area contributed by atoms with E-state index in [2.05, 4.69) is 94.6 Å². The van der Waals surface area contributed by atoms with Gasteiger partial charge < -0.3 is 9.47 Å². The van der Waals surface area contributed by atoms with E-state index in [0.717, 1.165) is 34.6 Å². The number of hydrogen-bond acceptors (Lipinski definition) is 5. The van der Waals surface area contributed by atoms with Crippen molar-refractivity contribution in [3.05, 3.63) is 174 Å². The third-order valence-electron chi connectivity index (χ3n) is 7.92. The van der Waals surface area contributed by atoms with Gasteiger partial charge in [-0.15, -0.1) is 0 Å². The lowest BCUT2D eigenvalue weighted by atomic mass is 9.93. The molecule has 1 fully saturated rings. The van der Waals surface area contributed by atoms with Gasteiger partial charge in [0.25, 0.3) is 0 Å². The van der Waals surface area contributed by atoms with Crippen LogP contribution in [0.15, 0.2) is 163 Å². The number of methoxy groups -OCH3 is 2. The summed E-state index contributed by atoms with van der Waals surface area (Å²) in [6, 6.07) is 51.8. The first-order valence-corrected chi connectivity index (χ1v) is 17.0. The second-order valence-electron chi connectivity index (χ2n) is 10.8. The second kappa shape index (κ2) is 15.9. The summed E-state index contributed by atoms with van der Waals surface area (Å²) in [6.07, 6.45) is 1.60. The van der Waals surface area contributed by atoms with Crippen molar-refractivity contribution in [1.82, 2.24) is 4.90 Å². The molecule has 46 heavy (non-hydrogen) atoms. The lowest BCUT2D eigenvalue weighted by Crippen LogP contribution is -2.43. The van der Waals surface area contributed by atoms with Crippen LogP contribution < -0.4 is 15.9 Å². The first-order valence-electron chi connectivity index (χ1n) is 15.2. The Bertz CT molecular complexity index is 1640. The number of carbonyl (C=O) groups is 2. The molecule has 0 bridgehead atoms. The molecule has 5 nitrogen and oxygen atoms in total. The average Bonchev–Trinajstić information content (AvgIpc) is 3.11. The van der Waals surface area contributed by atoms with Gasteiger partial charge in [-0.25, -0.2) is 9.59 Å². The van der Waals surface area contributed by atoms with Crippen LogP contribution in [0.3, 0.4) is 0 Å². The van der Waals surface area contributed by atoms with Crippen molar-refractivity contribution in [2.75, 3.05) is 27.3 Å². The standard InChI is InChI=1S/C21H19O2P.C19H19NO2/c1-23-21(22)17-24(18-11-5-2-6-12-18,19-13-7-3-8-14-19)20-15-9-4-10-16-20;1-22-18(21)12-15-13-20(14-15)19(16-8-4-2-5-9-16)17-10-6-3-7-11-17/h2-17H,1H3;2-12,19H,13-14H2,1H3. The van der Waals surface area contributed by atoms with E-state index >= 15 is 0 Å². The first-order chi connectivity index (χ1) is 22.5. The highest BCUT2D eigenvalue weighted by Crippen LogP contribution is 2.43. The number of hydrogen-bond donors (Lipinski definition) is 0. The highest BCUT2D eigenvalue weighted by atomic mass is 31.2. The molecule has 1 aliphatic rings. The number of carbonyl (C=O) groups excluding carboxylic acids is 2. The van der Waals surface area contributed by atoms with E-state index in [4.69, 9.17) is 4.74 Å². The van der Waals surface area contributed by atoms with E-state index < -0.39 is 6.89 Å². The zero-order valence-electron chi connectivity index (χ0n) is 26.1. The largest absolute Gasteiger partial charge is 0.466 e. The first kappa shape index (κ1) is 32.4. The number of rotatable bonds is 8. The van der Waals surface area contributed by atoms with Crippen molar-refractivity contribution in [2.45, 2.75) is 6.04 Å². The summed E-state index contributed by atoms with van der Waals surface area (Å²) in [5.74, 6) is 1.19. The third-order valence-corrected chi connectivity index (χ3v) is 11.9. The van der Waals surface area contributed by atoms with Gasteiger partial charge in [0.15, 0.2) is 0 Å². The maximum absolute atomic E-state index is 12.3. The second-order valence-corrected chi connectivity index (χ2v) is 14.1. The molecule has 0 unspecified atom stereocenters. The highest BCUT2D eigenvalue weighted by molar-refractivity contribution is 7.95. The Kier molecular flexibility index (Phi) is 11.2. The fourth-order valence-electron chi connectivity index (χ4n) is 5.73. The predicted molar refractivity (Wildman–Crippen MR) is 190 cm³/mol. The summed E-state index contributed by atoms with van der Waals surface area (Å²) < 4.78 is 9.69. The van der Waals surface area contributed by atoms with Crippen LogP contribution in [0.5, 0.6) is 0 Å². The zero-order valence-corrected chi connectivity index (χ0v) is 27.0. The van der Waals surface area contributed by atoms with Crippen LogP contribution >= 0.6 is 6.89 Å². The summed E-state index contributed by atoms with van der Waals surface area (Å²) in [6.45, 7) is -0.635. The fraction of sp³-hybridized carbons (Fsp3) is 0.125. The van der Waals surface area contributed by atoms with Crippen LogP contribution in [0.1, 0.15) is 17.2 Å². The topological polar surface area (TPSA) is 55.8 Å². The summed E-state index contributed by atoms with van der Waals surface area (Å²) in [7, 11) is 2.83. The van der Waals surface area contributed by atoms with Gasteiger partial charge in [-0.1, -0.05) is 152 Å². The molecule has 0 aliphatic carbocycles. The van der Waals surface area contributed by atoms with Gasteiger partial charge >= 0.3 is 11.9 Å². The summed E-state index contributed by atoms with van der Waals surface area (Å²) >= 11 is 0. The summed E-state index contributed by atoms with van der Waals surface area (Å²) in [4.78, 5) is 26.0. The van der Waals surface area contributed by atoms with Crippen LogP contribution in [-0.2, 0) is 19.1 Å². The average molecular weight is 628 g/mol. The molecular formula is C40H38NO4P. The predicted octanol–water partition coefficient (Wildman–Crippen LogP) is 6.15. The van der Waals surface area contributed by atoms with E-state index in [1.165, 1.54) is 25.3 Å². The number of esters is 2. The van der Waals surface area contributed by atoms with Crippen molar-refractivity contribution in [2.24, 2.45) is 0 Å². The maximum Gasteiger partial charge on any atom is 0.331 e. The van der Waals surface area contributed by atoms with Gasteiger partial charge in [-0.05, 0) is 39.5 Å². The van der Waals surface area contributed by atoms with E-state index in [-0.39, 0.29) is 18.0 Å². The Morgan fingerprint density at radius 3 is 1.26 bits per heavy atom. The van der Waals surface area contributed by atoms with Crippen LogP contribution in [0.25, 0.3) is 0 Å². The molecule has 0 saturated carbocycles. The molecule has 5 aromatic carbocycles. The molecule has 6 heteroatoms. The monoisotopic (exact) mass is 627 g/mol. The minimum absolute atomic E-state index is 0.220. The van der Waals surface area contributed by atoms with Gasteiger partial charge in [-0.3, -0.25) is 4.90 Å². The molecule has 0 N–H and O–H groups in total. The smallest absolute Gasteiger partial charge is 0.331 e. The van der Waals surface area contributed by atoms with Crippen molar-refractivity contribution >= 4 is 40.5 Å². The molecular weight excluding hydrogens is 589 g/mol. The van der Waals surface area contributed by atoms with Gasteiger partial charge in [0.1, 0.15) is 0 Å². The molecule has 0 atom stereocenters. The molecule has 5 aromatic rings. The van der Waals surface area contributed by atoms with Crippen molar-refractivity contribution in [1.29, 1.82) is 0 Å².